The second-order valence-corrected chi connectivity index (χ2v) is 6.05. The van der Waals surface area contributed by atoms with Gasteiger partial charge in [0.25, 0.3) is 0 Å². The van der Waals surface area contributed by atoms with Gasteiger partial charge in [0.1, 0.15) is 0 Å². The topological polar surface area (TPSA) is 55.4 Å². The van der Waals surface area contributed by atoms with Crippen molar-refractivity contribution in [3.05, 3.63) is 69.7 Å². The number of carbonyl (C=O) groups is 2. The fraction of sp³-hybridized carbons (Fsp3) is 0.158. The first-order valence-electron chi connectivity index (χ1n) is 7.71. The molecule has 6 heteroatoms. The predicted octanol–water partition coefficient (Wildman–Crippen LogP) is 5.21. The molecule has 0 unspecified atom stereocenters. The average Bonchev–Trinajstić information content (AvgIpc) is 2.59. The van der Waals surface area contributed by atoms with Crippen molar-refractivity contribution in [2.45, 2.75) is 13.3 Å². The predicted molar refractivity (Wildman–Crippen MR) is 101 cm³/mol. The third kappa shape index (κ3) is 5.93. The van der Waals surface area contributed by atoms with Crippen LogP contribution in [0.15, 0.2) is 48.5 Å². The molecule has 0 radical (unpaired) electrons. The van der Waals surface area contributed by atoms with Gasteiger partial charge in [-0.2, -0.15) is 0 Å². The van der Waals surface area contributed by atoms with Gasteiger partial charge in [0.15, 0.2) is 0 Å². The number of ether oxygens (including phenoxy) is 1. The largest absolute Gasteiger partial charge is 0.462 e. The lowest BCUT2D eigenvalue weighted by molar-refractivity contribution is -0.111. The quantitative estimate of drug-likeness (QED) is 0.554. The highest BCUT2D eigenvalue weighted by molar-refractivity contribution is 6.35. The van der Waals surface area contributed by atoms with Gasteiger partial charge in [-0.05, 0) is 54.5 Å². The molecule has 2 aromatic rings. The molecule has 0 saturated carbocycles. The van der Waals surface area contributed by atoms with Crippen LogP contribution in [0.1, 0.15) is 29.3 Å². The van der Waals surface area contributed by atoms with Crippen molar-refractivity contribution in [3.8, 4) is 0 Å². The van der Waals surface area contributed by atoms with Crippen molar-refractivity contribution in [1.82, 2.24) is 0 Å². The number of amides is 1. The van der Waals surface area contributed by atoms with Gasteiger partial charge in [-0.15, -0.1) is 0 Å². The number of halogens is 2. The van der Waals surface area contributed by atoms with E-state index < -0.39 is 0 Å². The second kappa shape index (κ2) is 9.25. The van der Waals surface area contributed by atoms with E-state index in [9.17, 15) is 9.59 Å². The van der Waals surface area contributed by atoms with Crippen LogP contribution in [-0.2, 0) is 9.53 Å². The SMILES string of the molecule is CCCOC(=O)c1ccc(NC(=O)C=Cc2ccc(Cl)cc2Cl)cc1. The zero-order chi connectivity index (χ0) is 18.2. The number of hydrogen-bond acceptors (Lipinski definition) is 3. The van der Waals surface area contributed by atoms with Gasteiger partial charge in [-0.25, -0.2) is 4.79 Å². The van der Waals surface area contributed by atoms with Gasteiger partial charge in [0, 0.05) is 21.8 Å². The Morgan fingerprint density at radius 3 is 2.48 bits per heavy atom. The van der Waals surface area contributed by atoms with Gasteiger partial charge in [-0.1, -0.05) is 36.2 Å². The lowest BCUT2D eigenvalue weighted by Crippen LogP contribution is -2.09. The van der Waals surface area contributed by atoms with E-state index in [0.717, 1.165) is 6.42 Å². The molecule has 0 aliphatic carbocycles. The molecule has 0 spiro atoms. The van der Waals surface area contributed by atoms with Gasteiger partial charge >= 0.3 is 5.97 Å². The highest BCUT2D eigenvalue weighted by Crippen LogP contribution is 2.22. The Labute approximate surface area is 156 Å². The Morgan fingerprint density at radius 1 is 1.12 bits per heavy atom. The molecule has 0 fully saturated rings. The summed E-state index contributed by atoms with van der Waals surface area (Å²) in [5.41, 5.74) is 1.70. The maximum atomic E-state index is 12.0. The molecular weight excluding hydrogens is 361 g/mol. The third-order valence-corrected chi connectivity index (χ3v) is 3.76. The van der Waals surface area contributed by atoms with Crippen LogP contribution in [-0.4, -0.2) is 18.5 Å². The fourth-order valence-corrected chi connectivity index (χ4v) is 2.43. The number of benzene rings is 2. The molecule has 4 nitrogen and oxygen atoms in total. The summed E-state index contributed by atoms with van der Waals surface area (Å²) in [5, 5.41) is 3.70. The smallest absolute Gasteiger partial charge is 0.338 e. The Kier molecular flexibility index (Phi) is 7.04. The molecule has 1 N–H and O–H groups in total. The number of carbonyl (C=O) groups excluding carboxylic acids is 2. The van der Waals surface area contributed by atoms with E-state index in [0.29, 0.717) is 33.5 Å². The molecule has 1 amide bonds. The summed E-state index contributed by atoms with van der Waals surface area (Å²) in [6, 6.07) is 11.5. The van der Waals surface area contributed by atoms with Crippen molar-refractivity contribution >= 4 is 46.8 Å². The van der Waals surface area contributed by atoms with Crippen LogP contribution < -0.4 is 5.32 Å². The highest BCUT2D eigenvalue weighted by atomic mass is 35.5. The van der Waals surface area contributed by atoms with Crippen molar-refractivity contribution in [2.75, 3.05) is 11.9 Å². The first-order chi connectivity index (χ1) is 12.0. The normalized spacial score (nSPS) is 10.7. The summed E-state index contributed by atoms with van der Waals surface area (Å²) in [5.74, 6) is -0.690. The summed E-state index contributed by atoms with van der Waals surface area (Å²) >= 11 is 11.9. The van der Waals surface area contributed by atoms with E-state index in [4.69, 9.17) is 27.9 Å². The van der Waals surface area contributed by atoms with Crippen LogP contribution >= 0.6 is 23.2 Å². The zero-order valence-electron chi connectivity index (χ0n) is 13.6. The van der Waals surface area contributed by atoms with E-state index in [1.165, 1.54) is 6.08 Å². The number of rotatable bonds is 6. The van der Waals surface area contributed by atoms with E-state index >= 15 is 0 Å². The van der Waals surface area contributed by atoms with Crippen LogP contribution in [0.5, 0.6) is 0 Å². The molecule has 0 saturated heterocycles. The third-order valence-electron chi connectivity index (χ3n) is 3.20. The molecule has 2 rings (SSSR count). The Hall–Kier alpha value is -2.30. The van der Waals surface area contributed by atoms with Crippen molar-refractivity contribution < 1.29 is 14.3 Å². The summed E-state index contributed by atoms with van der Waals surface area (Å²) in [6.45, 7) is 2.31. The summed E-state index contributed by atoms with van der Waals surface area (Å²) in [7, 11) is 0. The minimum Gasteiger partial charge on any atom is -0.462 e. The highest BCUT2D eigenvalue weighted by Gasteiger charge is 2.07. The molecule has 0 bridgehead atoms. The molecule has 130 valence electrons. The van der Waals surface area contributed by atoms with Gasteiger partial charge in [0.05, 0.1) is 12.2 Å². The number of esters is 1. The van der Waals surface area contributed by atoms with Crippen molar-refractivity contribution in [2.24, 2.45) is 0 Å². The van der Waals surface area contributed by atoms with Crippen molar-refractivity contribution in [1.29, 1.82) is 0 Å². The van der Waals surface area contributed by atoms with E-state index in [2.05, 4.69) is 5.32 Å². The first-order valence-corrected chi connectivity index (χ1v) is 8.46. The second-order valence-electron chi connectivity index (χ2n) is 5.20. The fourth-order valence-electron chi connectivity index (χ4n) is 1.95. The molecular formula is C19H17Cl2NO3. The molecule has 0 aliphatic rings. The van der Waals surface area contributed by atoms with E-state index in [-0.39, 0.29) is 11.9 Å². The van der Waals surface area contributed by atoms with Crippen molar-refractivity contribution in [3.63, 3.8) is 0 Å². The molecule has 25 heavy (non-hydrogen) atoms. The molecule has 0 heterocycles. The first kappa shape index (κ1) is 19.0. The zero-order valence-corrected chi connectivity index (χ0v) is 15.1. The summed E-state index contributed by atoms with van der Waals surface area (Å²) in [6.07, 6.45) is 3.74. The van der Waals surface area contributed by atoms with E-state index in [1.54, 1.807) is 48.5 Å². The number of nitrogens with one attached hydrogen (secondary N) is 1. The number of anilines is 1. The monoisotopic (exact) mass is 377 g/mol. The molecule has 0 aliphatic heterocycles. The molecule has 2 aromatic carbocycles. The minimum atomic E-state index is -0.378. The van der Waals surface area contributed by atoms with Crippen LogP contribution in [0.25, 0.3) is 6.08 Å². The van der Waals surface area contributed by atoms with Crippen LogP contribution in [0.2, 0.25) is 10.0 Å². The number of hydrogen-bond donors (Lipinski definition) is 1. The maximum absolute atomic E-state index is 12.0. The van der Waals surface area contributed by atoms with Crippen LogP contribution in [0.3, 0.4) is 0 Å². The van der Waals surface area contributed by atoms with Crippen LogP contribution in [0, 0.1) is 0 Å². The lowest BCUT2D eigenvalue weighted by atomic mass is 10.2. The Balaban J connectivity index is 1.96. The minimum absolute atomic E-state index is 0.313. The Morgan fingerprint density at radius 2 is 1.84 bits per heavy atom. The van der Waals surface area contributed by atoms with Gasteiger partial charge in [-0.3, -0.25) is 4.79 Å². The molecule has 0 aromatic heterocycles. The molecule has 0 atom stereocenters. The lowest BCUT2D eigenvalue weighted by Gasteiger charge is -2.05. The van der Waals surface area contributed by atoms with E-state index in [1.807, 2.05) is 6.92 Å². The maximum Gasteiger partial charge on any atom is 0.338 e. The average molecular weight is 378 g/mol. The summed E-state index contributed by atoms with van der Waals surface area (Å²) < 4.78 is 5.05. The standard InChI is InChI=1S/C19H17Cl2NO3/c1-2-11-25-19(24)14-4-8-16(9-5-14)22-18(23)10-6-13-3-7-15(20)12-17(13)21/h3-10,12H,2,11H2,1H3,(H,22,23). The summed E-state index contributed by atoms with van der Waals surface area (Å²) in [4.78, 5) is 23.7. The van der Waals surface area contributed by atoms with Crippen LogP contribution in [0.4, 0.5) is 5.69 Å². The van der Waals surface area contributed by atoms with Gasteiger partial charge in [0.2, 0.25) is 5.91 Å². The Bertz CT molecular complexity index is 786. The van der Waals surface area contributed by atoms with Gasteiger partial charge < -0.3 is 10.1 Å².